The van der Waals surface area contributed by atoms with Crippen LogP contribution < -0.4 is 0 Å². The van der Waals surface area contributed by atoms with Gasteiger partial charge in [0.25, 0.3) is 0 Å². The molecule has 0 bridgehead atoms. The highest BCUT2D eigenvalue weighted by atomic mass is 16.6. The van der Waals surface area contributed by atoms with Gasteiger partial charge in [0.15, 0.2) is 6.10 Å². The summed E-state index contributed by atoms with van der Waals surface area (Å²) in [7, 11) is 0. The van der Waals surface area contributed by atoms with Gasteiger partial charge in [-0.2, -0.15) is 0 Å². The Labute approximate surface area is 485 Å². The van der Waals surface area contributed by atoms with Crippen LogP contribution in [0.3, 0.4) is 0 Å². The number of hydrogen-bond acceptors (Lipinski definition) is 6. The largest absolute Gasteiger partial charge is 0.462 e. The summed E-state index contributed by atoms with van der Waals surface area (Å²) in [5.74, 6) is -0.970. The number of esters is 3. The van der Waals surface area contributed by atoms with E-state index < -0.39 is 6.10 Å². The molecule has 0 N–H and O–H groups in total. The van der Waals surface area contributed by atoms with Crippen molar-refractivity contribution in [2.45, 2.75) is 258 Å². The van der Waals surface area contributed by atoms with Crippen LogP contribution in [-0.2, 0) is 28.6 Å². The predicted octanol–water partition coefficient (Wildman–Crippen LogP) is 21.9. The summed E-state index contributed by atoms with van der Waals surface area (Å²) >= 11 is 0. The quantitative estimate of drug-likeness (QED) is 0.0261. The van der Waals surface area contributed by atoms with E-state index in [1.54, 1.807) is 0 Å². The van der Waals surface area contributed by atoms with Gasteiger partial charge in [0, 0.05) is 19.3 Å². The normalized spacial score (nSPS) is 13.3. The average molecular weight is 1090 g/mol. The van der Waals surface area contributed by atoms with Crippen LogP contribution in [0.15, 0.2) is 170 Å². The van der Waals surface area contributed by atoms with E-state index in [2.05, 4.69) is 191 Å². The van der Waals surface area contributed by atoms with Gasteiger partial charge in [0.1, 0.15) is 13.2 Å². The molecule has 0 aliphatic heterocycles. The molecule has 0 aromatic heterocycles. The summed E-state index contributed by atoms with van der Waals surface area (Å²) in [5.41, 5.74) is 0. The zero-order valence-electron chi connectivity index (χ0n) is 50.6. The predicted molar refractivity (Wildman–Crippen MR) is 343 cm³/mol. The van der Waals surface area contributed by atoms with Crippen molar-refractivity contribution in [1.29, 1.82) is 0 Å². The lowest BCUT2D eigenvalue weighted by molar-refractivity contribution is -0.167. The van der Waals surface area contributed by atoms with Gasteiger partial charge in [-0.25, -0.2) is 0 Å². The van der Waals surface area contributed by atoms with Crippen molar-refractivity contribution in [3.05, 3.63) is 170 Å². The van der Waals surface area contributed by atoms with Crippen molar-refractivity contribution in [2.24, 2.45) is 0 Å². The second-order valence-electron chi connectivity index (χ2n) is 20.2. The molecule has 6 heteroatoms. The molecule has 0 saturated carbocycles. The Morgan fingerprint density at radius 2 is 0.456 bits per heavy atom. The molecule has 0 amide bonds. The fraction of sp³-hybridized carbons (Fsp3) is 0.575. The van der Waals surface area contributed by atoms with E-state index in [9.17, 15) is 14.4 Å². The van der Waals surface area contributed by atoms with Crippen LogP contribution in [0, 0.1) is 0 Å². The lowest BCUT2D eigenvalue weighted by atomic mass is 10.1. The van der Waals surface area contributed by atoms with Crippen LogP contribution >= 0.6 is 0 Å². The maximum atomic E-state index is 12.9. The van der Waals surface area contributed by atoms with E-state index in [1.165, 1.54) is 38.5 Å². The average Bonchev–Trinajstić information content (AvgIpc) is 3.45. The fourth-order valence-corrected chi connectivity index (χ4v) is 8.07. The second kappa shape index (κ2) is 65.3. The Hall–Kier alpha value is -5.23. The molecular formula is C73H114O6. The number of carbonyl (C=O) groups excluding carboxylic acids is 3. The molecule has 0 heterocycles. The van der Waals surface area contributed by atoms with Gasteiger partial charge < -0.3 is 14.2 Å². The maximum absolute atomic E-state index is 12.9. The zero-order chi connectivity index (χ0) is 57.1. The number of unbranched alkanes of at least 4 members (excludes halogenated alkanes) is 16. The molecule has 0 fully saturated rings. The Kier molecular flexibility index (Phi) is 61.0. The van der Waals surface area contributed by atoms with Crippen molar-refractivity contribution >= 4 is 17.9 Å². The number of ether oxygens (including phenoxy) is 3. The monoisotopic (exact) mass is 1090 g/mol. The maximum Gasteiger partial charge on any atom is 0.306 e. The van der Waals surface area contributed by atoms with Crippen LogP contribution in [0.4, 0.5) is 0 Å². The molecule has 0 aromatic carbocycles. The fourth-order valence-electron chi connectivity index (χ4n) is 8.07. The van der Waals surface area contributed by atoms with Gasteiger partial charge in [-0.05, 0) is 148 Å². The van der Waals surface area contributed by atoms with Gasteiger partial charge in [-0.3, -0.25) is 14.4 Å². The number of rotatable bonds is 55. The smallest absolute Gasteiger partial charge is 0.306 e. The Morgan fingerprint density at radius 1 is 0.253 bits per heavy atom. The van der Waals surface area contributed by atoms with Gasteiger partial charge in [0.05, 0.1) is 0 Å². The molecule has 0 aromatic rings. The SMILES string of the molecule is CC/C=C\C/C=C\C/C=C\C/C=C\C/C=C\C/C=C\C/C=C\CCCCCC(=O)OCC(COC(=O)CCCCCCCCC/C=C\C/C=C\C/C=C\CC)OC(=O)CCCCCCCC/C=C\C/C=C\C/C=C\C/C=C\CC. The third kappa shape index (κ3) is 63.5. The van der Waals surface area contributed by atoms with E-state index in [4.69, 9.17) is 14.2 Å². The minimum Gasteiger partial charge on any atom is -0.462 e. The van der Waals surface area contributed by atoms with E-state index in [-0.39, 0.29) is 31.1 Å². The standard InChI is InChI=1S/C73H114O6/c1-4-7-10-13-16-19-22-25-28-31-33-34-35-36-37-38-40-42-45-48-51-54-57-60-63-66-72(75)78-69-70(68-77-71(74)65-62-59-56-53-50-47-44-41-30-27-24-21-18-15-12-9-6-3)79-73(76)67-64-61-58-55-52-49-46-43-39-32-29-26-23-20-17-14-11-8-5-2/h7-12,16-21,25-30,33-34,36-37,39-40,42-43,48,51,70H,4-6,13-15,22-24,31-32,35,38,41,44-47,49-50,52-69H2,1-3H3/b10-7-,11-8-,12-9-,19-16-,20-17-,21-18-,28-25-,29-26-,30-27-,34-33-,37-36-,42-40-,43-39-,51-48-. The molecule has 0 radical (unpaired) electrons. The highest BCUT2D eigenvalue weighted by molar-refractivity contribution is 5.71. The molecular weight excluding hydrogens is 973 g/mol. The first-order valence-corrected chi connectivity index (χ1v) is 31.6. The summed E-state index contributed by atoms with van der Waals surface area (Å²) in [6.45, 7) is 6.25. The van der Waals surface area contributed by atoms with Crippen molar-refractivity contribution in [3.63, 3.8) is 0 Å². The summed E-state index contributed by atoms with van der Waals surface area (Å²) < 4.78 is 16.9. The first kappa shape index (κ1) is 73.8. The van der Waals surface area contributed by atoms with E-state index in [1.807, 2.05) is 0 Å². The Morgan fingerprint density at radius 3 is 0.722 bits per heavy atom. The topological polar surface area (TPSA) is 78.9 Å². The molecule has 0 aliphatic rings. The Bertz CT molecular complexity index is 1820. The van der Waals surface area contributed by atoms with Crippen molar-refractivity contribution < 1.29 is 28.6 Å². The van der Waals surface area contributed by atoms with Gasteiger partial charge >= 0.3 is 17.9 Å². The van der Waals surface area contributed by atoms with Crippen LogP contribution in [0.25, 0.3) is 0 Å². The van der Waals surface area contributed by atoms with E-state index in [0.717, 1.165) is 173 Å². The van der Waals surface area contributed by atoms with Crippen molar-refractivity contribution in [2.75, 3.05) is 13.2 Å². The summed E-state index contributed by atoms with van der Waals surface area (Å²) in [6.07, 6.45) is 96.3. The minimum absolute atomic E-state index is 0.108. The van der Waals surface area contributed by atoms with Gasteiger partial charge in [0.2, 0.25) is 0 Å². The first-order valence-electron chi connectivity index (χ1n) is 31.6. The molecule has 442 valence electrons. The van der Waals surface area contributed by atoms with E-state index in [0.29, 0.717) is 19.3 Å². The second-order valence-corrected chi connectivity index (χ2v) is 20.2. The number of carbonyl (C=O) groups is 3. The molecule has 0 saturated heterocycles. The summed E-state index contributed by atoms with van der Waals surface area (Å²) in [5, 5.41) is 0. The van der Waals surface area contributed by atoms with Crippen LogP contribution in [0.5, 0.6) is 0 Å². The highest BCUT2D eigenvalue weighted by Gasteiger charge is 2.19. The van der Waals surface area contributed by atoms with Gasteiger partial charge in [-0.1, -0.05) is 255 Å². The minimum atomic E-state index is -0.815. The van der Waals surface area contributed by atoms with Gasteiger partial charge in [-0.15, -0.1) is 0 Å². The molecule has 1 unspecified atom stereocenters. The third-order valence-electron chi connectivity index (χ3n) is 12.7. The molecule has 0 aliphatic carbocycles. The van der Waals surface area contributed by atoms with Crippen LogP contribution in [-0.4, -0.2) is 37.2 Å². The third-order valence-corrected chi connectivity index (χ3v) is 12.7. The number of allylic oxidation sites excluding steroid dienone is 28. The van der Waals surface area contributed by atoms with Crippen molar-refractivity contribution in [1.82, 2.24) is 0 Å². The Balaban J connectivity index is 4.52. The van der Waals surface area contributed by atoms with Crippen molar-refractivity contribution in [3.8, 4) is 0 Å². The molecule has 1 atom stereocenters. The molecule has 0 spiro atoms. The van der Waals surface area contributed by atoms with E-state index >= 15 is 0 Å². The zero-order valence-corrected chi connectivity index (χ0v) is 50.6. The molecule has 6 nitrogen and oxygen atoms in total. The number of hydrogen-bond donors (Lipinski definition) is 0. The first-order chi connectivity index (χ1) is 39.0. The highest BCUT2D eigenvalue weighted by Crippen LogP contribution is 2.14. The van der Waals surface area contributed by atoms with Crippen LogP contribution in [0.2, 0.25) is 0 Å². The summed E-state index contributed by atoms with van der Waals surface area (Å²) in [6, 6.07) is 0. The molecule has 0 rings (SSSR count). The van der Waals surface area contributed by atoms with Crippen LogP contribution in [0.1, 0.15) is 252 Å². The lowest BCUT2D eigenvalue weighted by Crippen LogP contribution is -2.30. The summed E-state index contributed by atoms with van der Waals surface area (Å²) in [4.78, 5) is 38.4. The molecule has 79 heavy (non-hydrogen) atoms. The lowest BCUT2D eigenvalue weighted by Gasteiger charge is -2.18.